The molecule has 0 radical (unpaired) electrons. The van der Waals surface area contributed by atoms with E-state index < -0.39 is 15.9 Å². The van der Waals surface area contributed by atoms with Crippen molar-refractivity contribution in [3.8, 4) is 0 Å². The van der Waals surface area contributed by atoms with E-state index >= 15 is 0 Å². The number of nitrogens with two attached hydrogens (primary N) is 2. The summed E-state index contributed by atoms with van der Waals surface area (Å²) in [6.07, 6.45) is 0. The standard InChI is InChI=1S/C11H17N3O3S/c1-2-14(7-11(13)15)18(16,17)8-9-4-3-5-10(12)6-9/h3-6H,2,7-8,12H2,1H3,(H2,13,15). The molecule has 0 aromatic heterocycles. The molecule has 1 amide bonds. The van der Waals surface area contributed by atoms with Crippen molar-refractivity contribution in [3.05, 3.63) is 29.8 Å². The number of nitrogens with zero attached hydrogens (tertiary/aromatic N) is 1. The van der Waals surface area contributed by atoms with Crippen molar-refractivity contribution < 1.29 is 13.2 Å². The number of carbonyl (C=O) groups is 1. The van der Waals surface area contributed by atoms with Gasteiger partial charge in [-0.15, -0.1) is 0 Å². The van der Waals surface area contributed by atoms with Gasteiger partial charge in [-0.2, -0.15) is 4.31 Å². The molecule has 6 nitrogen and oxygen atoms in total. The molecule has 18 heavy (non-hydrogen) atoms. The van der Waals surface area contributed by atoms with Crippen molar-refractivity contribution in [1.29, 1.82) is 0 Å². The zero-order valence-corrected chi connectivity index (χ0v) is 11.0. The predicted molar refractivity (Wildman–Crippen MR) is 69.9 cm³/mol. The molecule has 0 fully saturated rings. The average Bonchev–Trinajstić information content (AvgIpc) is 2.24. The molecule has 0 spiro atoms. The fourth-order valence-electron chi connectivity index (χ4n) is 1.57. The fraction of sp³-hybridized carbons (Fsp3) is 0.364. The summed E-state index contributed by atoms with van der Waals surface area (Å²) < 4.78 is 25.2. The van der Waals surface area contributed by atoms with Gasteiger partial charge in [0, 0.05) is 12.2 Å². The maximum Gasteiger partial charge on any atom is 0.232 e. The molecular formula is C11H17N3O3S. The Morgan fingerprint density at radius 1 is 1.39 bits per heavy atom. The Kier molecular flexibility index (Phi) is 4.69. The highest BCUT2D eigenvalue weighted by molar-refractivity contribution is 7.88. The van der Waals surface area contributed by atoms with Gasteiger partial charge in [-0.1, -0.05) is 19.1 Å². The quantitative estimate of drug-likeness (QED) is 0.705. The van der Waals surface area contributed by atoms with Crippen molar-refractivity contribution in [2.75, 3.05) is 18.8 Å². The molecule has 0 saturated heterocycles. The predicted octanol–water partition coefficient (Wildman–Crippen LogP) is -0.0942. The van der Waals surface area contributed by atoms with E-state index in [1.165, 1.54) is 0 Å². The van der Waals surface area contributed by atoms with E-state index in [0.717, 1.165) is 4.31 Å². The molecule has 1 rings (SSSR count). The van der Waals surface area contributed by atoms with Crippen LogP contribution in [0, 0.1) is 0 Å². The first-order valence-electron chi connectivity index (χ1n) is 5.45. The summed E-state index contributed by atoms with van der Waals surface area (Å²) in [5.74, 6) is -0.868. The van der Waals surface area contributed by atoms with Crippen LogP contribution in [-0.4, -0.2) is 31.7 Å². The Morgan fingerprint density at radius 3 is 2.56 bits per heavy atom. The molecule has 7 heteroatoms. The summed E-state index contributed by atoms with van der Waals surface area (Å²) in [4.78, 5) is 10.8. The molecule has 0 aliphatic heterocycles. The minimum absolute atomic E-state index is 0.195. The highest BCUT2D eigenvalue weighted by Crippen LogP contribution is 2.13. The van der Waals surface area contributed by atoms with Gasteiger partial charge >= 0.3 is 0 Å². The van der Waals surface area contributed by atoms with Crippen molar-refractivity contribution in [2.24, 2.45) is 5.73 Å². The number of hydrogen-bond donors (Lipinski definition) is 2. The van der Waals surface area contributed by atoms with Gasteiger partial charge in [-0.05, 0) is 17.7 Å². The first-order chi connectivity index (χ1) is 8.35. The van der Waals surface area contributed by atoms with Crippen LogP contribution in [0.3, 0.4) is 0 Å². The summed E-state index contributed by atoms with van der Waals surface area (Å²) in [6.45, 7) is 1.55. The molecule has 0 atom stereocenters. The van der Waals surface area contributed by atoms with Gasteiger partial charge in [0.15, 0.2) is 0 Å². The van der Waals surface area contributed by atoms with Gasteiger partial charge in [0.1, 0.15) is 0 Å². The molecular weight excluding hydrogens is 254 g/mol. The lowest BCUT2D eigenvalue weighted by Gasteiger charge is -2.18. The maximum atomic E-state index is 12.1. The average molecular weight is 271 g/mol. The van der Waals surface area contributed by atoms with Gasteiger partial charge in [0.05, 0.1) is 12.3 Å². The Bertz CT molecular complexity index is 528. The minimum atomic E-state index is -3.56. The summed E-state index contributed by atoms with van der Waals surface area (Å²) >= 11 is 0. The van der Waals surface area contributed by atoms with E-state index in [1.54, 1.807) is 31.2 Å². The van der Waals surface area contributed by atoms with E-state index in [9.17, 15) is 13.2 Å². The largest absolute Gasteiger partial charge is 0.399 e. The highest BCUT2D eigenvalue weighted by Gasteiger charge is 2.22. The molecule has 0 unspecified atom stereocenters. The molecule has 1 aromatic rings. The van der Waals surface area contributed by atoms with Gasteiger partial charge in [0.2, 0.25) is 15.9 Å². The summed E-state index contributed by atoms with van der Waals surface area (Å²) in [6, 6.07) is 6.63. The summed E-state index contributed by atoms with van der Waals surface area (Å²) in [5.41, 5.74) is 11.7. The number of rotatable bonds is 6. The Hall–Kier alpha value is -1.60. The van der Waals surface area contributed by atoms with Crippen LogP contribution >= 0.6 is 0 Å². The fourth-order valence-corrected chi connectivity index (χ4v) is 3.07. The van der Waals surface area contributed by atoms with Gasteiger partial charge in [0.25, 0.3) is 0 Å². The number of carbonyl (C=O) groups excluding carboxylic acids is 1. The van der Waals surface area contributed by atoms with E-state index in [4.69, 9.17) is 11.5 Å². The summed E-state index contributed by atoms with van der Waals surface area (Å²) in [7, 11) is -3.56. The number of benzene rings is 1. The monoisotopic (exact) mass is 271 g/mol. The number of sulfonamides is 1. The third-order valence-corrected chi connectivity index (χ3v) is 4.25. The molecule has 0 heterocycles. The zero-order valence-electron chi connectivity index (χ0n) is 10.2. The Labute approximate surface area is 107 Å². The van der Waals surface area contributed by atoms with Gasteiger partial charge in [-0.3, -0.25) is 4.79 Å². The van der Waals surface area contributed by atoms with Crippen molar-refractivity contribution >= 4 is 21.6 Å². The third-order valence-electron chi connectivity index (χ3n) is 2.38. The van der Waals surface area contributed by atoms with Crippen LogP contribution in [0.5, 0.6) is 0 Å². The Balaban J connectivity index is 2.89. The van der Waals surface area contributed by atoms with E-state index in [2.05, 4.69) is 0 Å². The molecule has 4 N–H and O–H groups in total. The lowest BCUT2D eigenvalue weighted by molar-refractivity contribution is -0.118. The molecule has 1 aromatic carbocycles. The first-order valence-corrected chi connectivity index (χ1v) is 7.06. The van der Waals surface area contributed by atoms with Crippen molar-refractivity contribution in [3.63, 3.8) is 0 Å². The first kappa shape index (κ1) is 14.5. The second-order valence-electron chi connectivity index (χ2n) is 3.89. The number of anilines is 1. The zero-order chi connectivity index (χ0) is 13.8. The summed E-state index contributed by atoms with van der Waals surface area (Å²) in [5, 5.41) is 0. The Morgan fingerprint density at radius 2 is 2.06 bits per heavy atom. The van der Waals surface area contributed by atoms with Gasteiger partial charge < -0.3 is 11.5 Å². The number of hydrogen-bond acceptors (Lipinski definition) is 4. The molecule has 0 bridgehead atoms. The normalized spacial score (nSPS) is 11.7. The van der Waals surface area contributed by atoms with Crippen LogP contribution in [0.15, 0.2) is 24.3 Å². The smallest absolute Gasteiger partial charge is 0.232 e. The SMILES string of the molecule is CCN(CC(N)=O)S(=O)(=O)Cc1cccc(N)c1. The number of nitrogen functional groups attached to an aromatic ring is 1. The molecule has 0 saturated carbocycles. The maximum absolute atomic E-state index is 12.1. The highest BCUT2D eigenvalue weighted by atomic mass is 32.2. The van der Waals surface area contributed by atoms with Crippen LogP contribution in [-0.2, 0) is 20.6 Å². The van der Waals surface area contributed by atoms with Gasteiger partial charge in [-0.25, -0.2) is 8.42 Å². The second kappa shape index (κ2) is 5.83. The number of primary amides is 1. The van der Waals surface area contributed by atoms with Crippen molar-refractivity contribution in [1.82, 2.24) is 4.31 Å². The van der Waals surface area contributed by atoms with Crippen LogP contribution in [0.2, 0.25) is 0 Å². The van der Waals surface area contributed by atoms with Crippen molar-refractivity contribution in [2.45, 2.75) is 12.7 Å². The van der Waals surface area contributed by atoms with Crippen LogP contribution < -0.4 is 11.5 Å². The van der Waals surface area contributed by atoms with E-state index in [0.29, 0.717) is 11.3 Å². The van der Waals surface area contributed by atoms with Crippen LogP contribution in [0.4, 0.5) is 5.69 Å². The van der Waals surface area contributed by atoms with E-state index in [-0.39, 0.29) is 18.8 Å². The second-order valence-corrected chi connectivity index (χ2v) is 5.86. The minimum Gasteiger partial charge on any atom is -0.399 e. The van der Waals surface area contributed by atoms with Crippen LogP contribution in [0.1, 0.15) is 12.5 Å². The molecule has 100 valence electrons. The van der Waals surface area contributed by atoms with E-state index in [1.807, 2.05) is 0 Å². The lowest BCUT2D eigenvalue weighted by atomic mass is 10.2. The topological polar surface area (TPSA) is 106 Å². The number of likely N-dealkylation sites (N-methyl/N-ethyl adjacent to an activating group) is 1. The molecule has 0 aliphatic rings. The third kappa shape index (κ3) is 4.01. The molecule has 0 aliphatic carbocycles. The van der Waals surface area contributed by atoms with Crippen LogP contribution in [0.25, 0.3) is 0 Å². The lowest BCUT2D eigenvalue weighted by Crippen LogP contribution is -2.38. The number of amides is 1.